The second kappa shape index (κ2) is 9.43. The Bertz CT molecular complexity index is 1480. The van der Waals surface area contributed by atoms with Crippen LogP contribution in [0, 0.1) is 0 Å². The Balaban J connectivity index is 1.58. The number of allylic oxidation sites excluding steroid dienone is 5. The molecule has 2 aliphatic heterocycles. The molecule has 0 unspecified atom stereocenters. The lowest BCUT2D eigenvalue weighted by atomic mass is 9.77. The summed E-state index contributed by atoms with van der Waals surface area (Å²) in [5.74, 6) is -0.0470. The minimum atomic E-state index is -0.296. The summed E-state index contributed by atoms with van der Waals surface area (Å²) in [6.07, 6.45) is 9.25. The van der Waals surface area contributed by atoms with Crippen LogP contribution in [0.4, 0.5) is 11.4 Å². The lowest BCUT2D eigenvalue weighted by Gasteiger charge is -2.29. The molecular formula is C34H37N2O2+. The first kappa shape index (κ1) is 25.7. The molecule has 0 aromatic heterocycles. The third kappa shape index (κ3) is 3.82. The zero-order valence-corrected chi connectivity index (χ0v) is 22.9. The zero-order valence-electron chi connectivity index (χ0n) is 22.9. The smallest absolute Gasteiger partial charge is 0.209 e. The number of hydrogen-bond acceptors (Lipinski definition) is 3. The molecule has 4 nitrogen and oxygen atoms in total. The van der Waals surface area contributed by atoms with E-state index in [9.17, 15) is 9.90 Å². The molecule has 0 fully saturated rings. The lowest BCUT2D eigenvalue weighted by molar-refractivity contribution is -0.436. The van der Waals surface area contributed by atoms with Crippen LogP contribution in [0.25, 0.3) is 0 Å². The van der Waals surface area contributed by atoms with Crippen molar-refractivity contribution in [2.24, 2.45) is 0 Å². The number of benzene rings is 2. The normalized spacial score (nSPS) is 21.2. The Morgan fingerprint density at radius 2 is 1.55 bits per heavy atom. The average molecular weight is 506 g/mol. The summed E-state index contributed by atoms with van der Waals surface area (Å²) in [5.41, 5.74) is 6.93. The largest absolute Gasteiger partial charge is 0.506 e. The van der Waals surface area contributed by atoms with Crippen molar-refractivity contribution < 1.29 is 14.5 Å². The number of hydrogen-bond donors (Lipinski definition) is 1. The molecule has 5 rings (SSSR count). The third-order valence-electron chi connectivity index (χ3n) is 8.27. The SMILES string of the molecule is C=CCCN1C(=CC2=C(O)C(=CC3=[N+](CCC=C)c4ccccc4C3(C)C)C2=O)C(C)(C)c2ccccc21. The highest BCUT2D eigenvalue weighted by Crippen LogP contribution is 2.49. The van der Waals surface area contributed by atoms with Crippen LogP contribution in [0.5, 0.6) is 0 Å². The van der Waals surface area contributed by atoms with Gasteiger partial charge in [-0.3, -0.25) is 4.79 Å². The fourth-order valence-corrected chi connectivity index (χ4v) is 6.11. The van der Waals surface area contributed by atoms with Crippen LogP contribution in [-0.2, 0) is 15.6 Å². The van der Waals surface area contributed by atoms with Crippen LogP contribution in [0.3, 0.4) is 0 Å². The maximum absolute atomic E-state index is 13.5. The van der Waals surface area contributed by atoms with Crippen LogP contribution >= 0.6 is 0 Å². The van der Waals surface area contributed by atoms with Crippen LogP contribution in [0.1, 0.15) is 51.7 Å². The second-order valence-electron chi connectivity index (χ2n) is 11.3. The van der Waals surface area contributed by atoms with Gasteiger partial charge in [-0.1, -0.05) is 62.4 Å². The number of Topliss-reactive ketones (excluding diaryl/α,β-unsaturated/α-hetero) is 1. The molecule has 0 radical (unpaired) electrons. The lowest BCUT2D eigenvalue weighted by Crippen LogP contribution is -2.32. The fraction of sp³-hybridized carbons (Fsp3) is 0.294. The van der Waals surface area contributed by atoms with Crippen molar-refractivity contribution in [3.8, 4) is 0 Å². The minimum absolute atomic E-state index is 0.0702. The molecule has 194 valence electrons. The van der Waals surface area contributed by atoms with Gasteiger partial charge in [0.25, 0.3) is 0 Å². The molecule has 0 bridgehead atoms. The first-order valence-electron chi connectivity index (χ1n) is 13.4. The van der Waals surface area contributed by atoms with E-state index in [4.69, 9.17) is 0 Å². The van der Waals surface area contributed by atoms with Crippen LogP contribution < -0.4 is 4.90 Å². The van der Waals surface area contributed by atoms with Crippen molar-refractivity contribution >= 4 is 22.9 Å². The van der Waals surface area contributed by atoms with E-state index in [-0.39, 0.29) is 22.4 Å². The first-order valence-corrected chi connectivity index (χ1v) is 13.4. The van der Waals surface area contributed by atoms with Crippen molar-refractivity contribution in [1.82, 2.24) is 0 Å². The highest BCUT2D eigenvalue weighted by molar-refractivity contribution is 6.24. The Kier molecular flexibility index (Phi) is 6.38. The van der Waals surface area contributed by atoms with E-state index in [1.54, 1.807) is 0 Å². The number of rotatable bonds is 8. The van der Waals surface area contributed by atoms with Gasteiger partial charge in [-0.05, 0) is 38.0 Å². The quantitative estimate of drug-likeness (QED) is 0.234. The number of carbonyl (C=O) groups excluding carboxylic acids is 1. The van der Waals surface area contributed by atoms with Crippen molar-refractivity contribution in [1.29, 1.82) is 0 Å². The van der Waals surface area contributed by atoms with E-state index in [2.05, 4.69) is 86.7 Å². The molecule has 2 heterocycles. The number of para-hydroxylation sites is 2. The van der Waals surface area contributed by atoms with Crippen molar-refractivity contribution in [2.45, 2.75) is 51.4 Å². The molecule has 1 N–H and O–H groups in total. The van der Waals surface area contributed by atoms with Gasteiger partial charge in [-0.15, -0.1) is 13.2 Å². The van der Waals surface area contributed by atoms with Gasteiger partial charge < -0.3 is 10.0 Å². The molecule has 1 aliphatic carbocycles. The maximum Gasteiger partial charge on any atom is 0.209 e. The van der Waals surface area contributed by atoms with Gasteiger partial charge in [0.1, 0.15) is 5.76 Å². The number of carbonyl (C=O) groups is 1. The maximum atomic E-state index is 13.5. The molecule has 3 aliphatic rings. The molecule has 4 heteroatoms. The molecule has 2 aromatic carbocycles. The standard InChI is InChI=1S/C34H36N2O2/c1-7-9-19-35-27-17-13-11-15-25(27)33(3,4)29(35)21-23-31(37)24(32(23)38)22-30-34(5,6)26-16-12-14-18-28(26)36(30)20-10-8-2/h7-8,11-18,21-22H,1-2,9-10,19-20H2,3-6H3/p+1. The minimum Gasteiger partial charge on any atom is -0.506 e. The summed E-state index contributed by atoms with van der Waals surface area (Å²) >= 11 is 0. The van der Waals surface area contributed by atoms with Gasteiger partial charge in [-0.25, -0.2) is 0 Å². The second-order valence-corrected chi connectivity index (χ2v) is 11.3. The van der Waals surface area contributed by atoms with E-state index in [1.165, 1.54) is 11.1 Å². The topological polar surface area (TPSA) is 43.5 Å². The Labute approximate surface area is 226 Å². The van der Waals surface area contributed by atoms with Crippen LogP contribution in [0.15, 0.2) is 109 Å². The summed E-state index contributed by atoms with van der Waals surface area (Å²) in [6, 6.07) is 16.7. The molecule has 0 atom stereocenters. The van der Waals surface area contributed by atoms with Crippen molar-refractivity contribution in [3.05, 3.63) is 120 Å². The Hall–Kier alpha value is -3.92. The van der Waals surface area contributed by atoms with E-state index in [0.717, 1.165) is 48.7 Å². The highest BCUT2D eigenvalue weighted by atomic mass is 16.3. The van der Waals surface area contributed by atoms with E-state index in [1.807, 2.05) is 36.4 Å². The number of nitrogens with zero attached hydrogens (tertiary/aromatic N) is 2. The van der Waals surface area contributed by atoms with Crippen molar-refractivity contribution in [3.63, 3.8) is 0 Å². The summed E-state index contributed by atoms with van der Waals surface area (Å²) < 4.78 is 2.26. The van der Waals surface area contributed by atoms with Crippen LogP contribution in [0.2, 0.25) is 0 Å². The van der Waals surface area contributed by atoms with Gasteiger partial charge in [0.2, 0.25) is 11.5 Å². The Morgan fingerprint density at radius 3 is 2.24 bits per heavy atom. The molecule has 0 spiro atoms. The first-order chi connectivity index (χ1) is 18.1. The number of aliphatic hydroxyl groups is 1. The van der Waals surface area contributed by atoms with Crippen LogP contribution in [-0.4, -0.2) is 34.3 Å². The highest BCUT2D eigenvalue weighted by Gasteiger charge is 2.47. The molecule has 0 saturated heterocycles. The Morgan fingerprint density at radius 1 is 0.895 bits per heavy atom. The molecule has 0 saturated carbocycles. The van der Waals surface area contributed by atoms with Gasteiger partial charge in [0.15, 0.2) is 12.3 Å². The average Bonchev–Trinajstić information content (AvgIpc) is 3.26. The van der Waals surface area contributed by atoms with E-state index >= 15 is 0 Å². The van der Waals surface area contributed by atoms with Gasteiger partial charge in [-0.2, -0.15) is 4.58 Å². The summed E-state index contributed by atoms with van der Waals surface area (Å²) in [4.78, 5) is 15.8. The summed E-state index contributed by atoms with van der Waals surface area (Å²) in [7, 11) is 0. The zero-order chi connectivity index (χ0) is 27.2. The van der Waals surface area contributed by atoms with Gasteiger partial charge in [0.05, 0.1) is 16.6 Å². The fourth-order valence-electron chi connectivity index (χ4n) is 6.11. The van der Waals surface area contributed by atoms with Gasteiger partial charge >= 0.3 is 0 Å². The monoisotopic (exact) mass is 505 g/mol. The number of aliphatic hydroxyl groups excluding tert-OH is 1. The molecule has 2 aromatic rings. The van der Waals surface area contributed by atoms with E-state index in [0.29, 0.717) is 11.1 Å². The third-order valence-corrected chi connectivity index (χ3v) is 8.27. The predicted octanol–water partition coefficient (Wildman–Crippen LogP) is 7.22. The van der Waals surface area contributed by atoms with E-state index < -0.39 is 0 Å². The van der Waals surface area contributed by atoms with Gasteiger partial charge in [0, 0.05) is 47.5 Å². The number of ketones is 1. The molecule has 0 amide bonds. The molecular weight excluding hydrogens is 468 g/mol. The summed E-state index contributed by atoms with van der Waals surface area (Å²) in [5, 5.41) is 11.2. The molecule has 38 heavy (non-hydrogen) atoms. The predicted molar refractivity (Wildman–Crippen MR) is 157 cm³/mol. The van der Waals surface area contributed by atoms with Crippen molar-refractivity contribution in [2.75, 3.05) is 18.0 Å². The number of anilines is 1. The summed E-state index contributed by atoms with van der Waals surface area (Å²) in [6.45, 7) is 18.0. The number of fused-ring (bicyclic) bond motifs is 2.